The van der Waals surface area contributed by atoms with E-state index in [1.165, 1.54) is 51.4 Å². The van der Waals surface area contributed by atoms with Gasteiger partial charge in [-0.25, -0.2) is 0 Å². The second-order valence-electron chi connectivity index (χ2n) is 8.79. The summed E-state index contributed by atoms with van der Waals surface area (Å²) < 4.78 is 0. The van der Waals surface area contributed by atoms with Crippen molar-refractivity contribution >= 4 is 10.8 Å². The number of nitrogens with one attached hydrogen (secondary N) is 2. The number of phenolic OH excluding ortho intramolecular Hbond substituents is 2. The summed E-state index contributed by atoms with van der Waals surface area (Å²) in [7, 11) is 0. The number of fused-ring (bicyclic) bond motifs is 1. The van der Waals surface area contributed by atoms with Gasteiger partial charge in [0.25, 0.3) is 0 Å². The summed E-state index contributed by atoms with van der Waals surface area (Å²) in [5, 5.41) is 30.0. The molecule has 2 aliphatic carbocycles. The van der Waals surface area contributed by atoms with E-state index < -0.39 is 0 Å². The quantitative estimate of drug-likeness (QED) is 0.529. The molecule has 28 heavy (non-hydrogen) atoms. The smallest absolute Gasteiger partial charge is 0.127 e. The van der Waals surface area contributed by atoms with Crippen molar-refractivity contribution in [2.45, 2.75) is 64.5 Å². The van der Waals surface area contributed by atoms with E-state index in [9.17, 15) is 10.2 Å². The summed E-state index contributed by atoms with van der Waals surface area (Å²) in [5.74, 6) is 2.20. The summed E-state index contributed by atoms with van der Waals surface area (Å²) in [6, 6.07) is 7.60. The monoisotopic (exact) mass is 382 g/mol. The molecule has 2 saturated carbocycles. The van der Waals surface area contributed by atoms with Gasteiger partial charge in [-0.15, -0.1) is 0 Å². The molecule has 4 nitrogen and oxygen atoms in total. The van der Waals surface area contributed by atoms with Crippen molar-refractivity contribution in [2.24, 2.45) is 11.8 Å². The van der Waals surface area contributed by atoms with Crippen molar-refractivity contribution in [2.75, 3.05) is 13.1 Å². The van der Waals surface area contributed by atoms with Gasteiger partial charge in [0.15, 0.2) is 0 Å². The van der Waals surface area contributed by atoms with E-state index in [0.717, 1.165) is 46.8 Å². The summed E-state index contributed by atoms with van der Waals surface area (Å²) in [4.78, 5) is 0. The SMILES string of the molecule is Oc1ccc2c(O)c(CNCC3CCCC3)ccc2c1CNCC1CCCC1. The lowest BCUT2D eigenvalue weighted by Gasteiger charge is -2.16. The molecule has 2 aromatic rings. The highest BCUT2D eigenvalue weighted by molar-refractivity contribution is 5.93. The Balaban J connectivity index is 1.44. The minimum absolute atomic E-state index is 0.304. The molecule has 0 unspecified atom stereocenters. The first-order chi connectivity index (χ1) is 13.7. The maximum Gasteiger partial charge on any atom is 0.127 e. The lowest BCUT2D eigenvalue weighted by atomic mass is 9.99. The molecule has 152 valence electrons. The number of rotatable bonds is 8. The Morgan fingerprint density at radius 3 is 1.93 bits per heavy atom. The van der Waals surface area contributed by atoms with Crippen molar-refractivity contribution in [1.82, 2.24) is 10.6 Å². The van der Waals surface area contributed by atoms with Crippen LogP contribution in [0.25, 0.3) is 10.8 Å². The molecule has 0 aliphatic heterocycles. The number of benzene rings is 2. The minimum Gasteiger partial charge on any atom is -0.508 e. The Hall–Kier alpha value is -1.78. The number of aromatic hydroxyl groups is 2. The van der Waals surface area contributed by atoms with Gasteiger partial charge in [0.05, 0.1) is 0 Å². The molecule has 0 spiro atoms. The molecule has 0 heterocycles. The first-order valence-corrected chi connectivity index (χ1v) is 11.1. The Morgan fingerprint density at radius 1 is 0.714 bits per heavy atom. The van der Waals surface area contributed by atoms with Crippen molar-refractivity contribution in [1.29, 1.82) is 0 Å². The highest BCUT2D eigenvalue weighted by atomic mass is 16.3. The van der Waals surface area contributed by atoms with Gasteiger partial charge in [-0.05, 0) is 68.1 Å². The van der Waals surface area contributed by atoms with Gasteiger partial charge >= 0.3 is 0 Å². The molecule has 4 rings (SSSR count). The van der Waals surface area contributed by atoms with Crippen LogP contribution in [0.4, 0.5) is 0 Å². The molecule has 0 radical (unpaired) electrons. The summed E-state index contributed by atoms with van der Waals surface area (Å²) in [6.45, 7) is 3.36. The molecule has 0 aromatic heterocycles. The van der Waals surface area contributed by atoms with E-state index in [-0.39, 0.29) is 0 Å². The van der Waals surface area contributed by atoms with Gasteiger partial charge in [0, 0.05) is 29.6 Å². The van der Waals surface area contributed by atoms with Crippen molar-refractivity contribution in [3.63, 3.8) is 0 Å². The van der Waals surface area contributed by atoms with Crippen molar-refractivity contribution < 1.29 is 10.2 Å². The molecule has 2 aliphatic rings. The summed E-state index contributed by atoms with van der Waals surface area (Å²) in [6.07, 6.45) is 10.7. The van der Waals surface area contributed by atoms with Crippen LogP contribution in [0.1, 0.15) is 62.5 Å². The zero-order valence-electron chi connectivity index (χ0n) is 16.8. The van der Waals surface area contributed by atoms with Gasteiger partial charge in [0.2, 0.25) is 0 Å². The maximum atomic E-state index is 10.8. The van der Waals surface area contributed by atoms with Crippen molar-refractivity contribution in [3.05, 3.63) is 35.4 Å². The molecule has 2 fully saturated rings. The molecule has 0 bridgehead atoms. The van der Waals surface area contributed by atoms with Crippen LogP contribution in [0.5, 0.6) is 11.5 Å². The van der Waals surface area contributed by atoms with E-state index in [1.54, 1.807) is 6.07 Å². The van der Waals surface area contributed by atoms with Crippen LogP contribution >= 0.6 is 0 Å². The summed E-state index contributed by atoms with van der Waals surface area (Å²) in [5.41, 5.74) is 1.82. The van der Waals surface area contributed by atoms with Crippen LogP contribution < -0.4 is 10.6 Å². The number of hydrogen-bond acceptors (Lipinski definition) is 4. The fraction of sp³-hybridized carbons (Fsp3) is 0.583. The van der Waals surface area contributed by atoms with E-state index in [2.05, 4.69) is 10.6 Å². The average molecular weight is 383 g/mol. The zero-order valence-corrected chi connectivity index (χ0v) is 16.8. The Labute approximate surface area is 168 Å². The predicted octanol–water partition coefficient (Wildman–Crippen LogP) is 4.81. The Kier molecular flexibility index (Phi) is 6.38. The standard InChI is InChI=1S/C24H34N2O2/c27-23-12-11-21-20(22(23)16-26-14-18-7-3-4-8-18)10-9-19(24(21)28)15-25-13-17-5-1-2-6-17/h9-12,17-18,25-28H,1-8,13-16H2. The normalized spacial score (nSPS) is 18.4. The minimum atomic E-state index is 0.304. The maximum absolute atomic E-state index is 10.8. The molecule has 0 atom stereocenters. The third kappa shape index (κ3) is 4.44. The number of hydrogen-bond donors (Lipinski definition) is 4. The van der Waals surface area contributed by atoms with Crippen LogP contribution in [-0.4, -0.2) is 23.3 Å². The van der Waals surface area contributed by atoms with Crippen LogP contribution in [0.2, 0.25) is 0 Å². The second kappa shape index (κ2) is 9.15. The molecular weight excluding hydrogens is 348 g/mol. The third-order valence-corrected chi connectivity index (χ3v) is 6.78. The van der Waals surface area contributed by atoms with Gasteiger partial charge in [-0.2, -0.15) is 0 Å². The van der Waals surface area contributed by atoms with E-state index in [0.29, 0.717) is 24.6 Å². The molecule has 2 aromatic carbocycles. The van der Waals surface area contributed by atoms with E-state index in [4.69, 9.17) is 0 Å². The number of phenols is 2. The molecule has 4 N–H and O–H groups in total. The highest BCUT2D eigenvalue weighted by Gasteiger charge is 2.17. The zero-order chi connectivity index (χ0) is 19.3. The first kappa shape index (κ1) is 19.5. The van der Waals surface area contributed by atoms with E-state index in [1.807, 2.05) is 18.2 Å². The topological polar surface area (TPSA) is 64.5 Å². The first-order valence-electron chi connectivity index (χ1n) is 11.1. The van der Waals surface area contributed by atoms with Crippen LogP contribution in [-0.2, 0) is 13.1 Å². The van der Waals surface area contributed by atoms with Crippen LogP contribution in [0, 0.1) is 11.8 Å². The Morgan fingerprint density at radius 2 is 1.29 bits per heavy atom. The molecule has 0 saturated heterocycles. The molecule has 4 heteroatoms. The van der Waals surface area contributed by atoms with Gasteiger partial charge in [0.1, 0.15) is 11.5 Å². The molecule has 0 amide bonds. The van der Waals surface area contributed by atoms with Crippen LogP contribution in [0.3, 0.4) is 0 Å². The fourth-order valence-corrected chi connectivity index (χ4v) is 5.06. The fourth-order valence-electron chi connectivity index (χ4n) is 5.06. The van der Waals surface area contributed by atoms with Gasteiger partial charge in [-0.3, -0.25) is 0 Å². The lowest BCUT2D eigenvalue weighted by molar-refractivity contribution is 0.453. The lowest BCUT2D eigenvalue weighted by Crippen LogP contribution is -2.21. The van der Waals surface area contributed by atoms with Crippen molar-refractivity contribution in [3.8, 4) is 11.5 Å². The Bertz CT molecular complexity index is 793. The van der Waals surface area contributed by atoms with Crippen LogP contribution in [0.15, 0.2) is 24.3 Å². The second-order valence-corrected chi connectivity index (χ2v) is 8.79. The summed E-state index contributed by atoms with van der Waals surface area (Å²) >= 11 is 0. The predicted molar refractivity (Wildman–Crippen MR) is 115 cm³/mol. The third-order valence-electron chi connectivity index (χ3n) is 6.78. The largest absolute Gasteiger partial charge is 0.508 e. The van der Waals surface area contributed by atoms with Gasteiger partial charge < -0.3 is 20.8 Å². The average Bonchev–Trinajstić information content (AvgIpc) is 3.39. The van der Waals surface area contributed by atoms with Gasteiger partial charge in [-0.1, -0.05) is 37.8 Å². The van der Waals surface area contributed by atoms with E-state index >= 15 is 0 Å². The highest BCUT2D eigenvalue weighted by Crippen LogP contribution is 2.35. The molecular formula is C24H34N2O2.